The minimum atomic E-state index is -0.533. The van der Waals surface area contributed by atoms with Crippen LogP contribution < -0.4 is 5.73 Å². The molecule has 70 valence electrons. The van der Waals surface area contributed by atoms with Crippen LogP contribution in [0.25, 0.3) is 0 Å². The quantitative estimate of drug-likeness (QED) is 0.592. The lowest BCUT2D eigenvalue weighted by molar-refractivity contribution is -0.141. The van der Waals surface area contributed by atoms with Crippen LogP contribution >= 0.6 is 0 Å². The predicted molar refractivity (Wildman–Crippen MR) is 43.3 cm³/mol. The highest BCUT2D eigenvalue weighted by molar-refractivity contribution is 5.85. The maximum absolute atomic E-state index is 11.2. The van der Waals surface area contributed by atoms with Crippen LogP contribution in [0, 0.1) is 0 Å². The van der Waals surface area contributed by atoms with Crippen molar-refractivity contribution in [3.8, 4) is 0 Å². The molecule has 2 amide bonds. The van der Waals surface area contributed by atoms with Crippen molar-refractivity contribution in [3.63, 3.8) is 0 Å². The molecule has 0 aromatic heterocycles. The molecule has 0 radical (unpaired) electrons. The van der Waals surface area contributed by atoms with E-state index in [1.165, 1.54) is 19.1 Å². The van der Waals surface area contributed by atoms with E-state index in [2.05, 4.69) is 0 Å². The Kier molecular flexibility index (Phi) is 4.28. The highest BCUT2D eigenvalue weighted by Crippen LogP contribution is 1.94. The molecular formula is C7H14N2O3. The van der Waals surface area contributed by atoms with Gasteiger partial charge in [-0.25, -0.2) is 0 Å². The minimum absolute atomic E-state index is 0.0769. The number of amides is 2. The van der Waals surface area contributed by atoms with Gasteiger partial charge in [-0.2, -0.15) is 0 Å². The van der Waals surface area contributed by atoms with Crippen molar-refractivity contribution in [1.29, 1.82) is 0 Å². The number of carbonyl (C=O) groups is 2. The van der Waals surface area contributed by atoms with Gasteiger partial charge in [-0.1, -0.05) is 0 Å². The monoisotopic (exact) mass is 174 g/mol. The molecular weight excluding hydrogens is 160 g/mol. The van der Waals surface area contributed by atoms with Gasteiger partial charge in [0.1, 0.15) is 6.10 Å². The molecule has 0 rings (SSSR count). The van der Waals surface area contributed by atoms with Gasteiger partial charge in [-0.15, -0.1) is 0 Å². The summed E-state index contributed by atoms with van der Waals surface area (Å²) in [4.78, 5) is 22.8. The largest absolute Gasteiger partial charge is 0.372 e. The number of nitrogens with two attached hydrogens (primary N) is 1. The summed E-state index contributed by atoms with van der Waals surface area (Å²) < 4.78 is 4.77. The van der Waals surface area contributed by atoms with Crippen LogP contribution in [-0.4, -0.2) is 43.5 Å². The van der Waals surface area contributed by atoms with Crippen molar-refractivity contribution < 1.29 is 14.3 Å². The zero-order valence-electron chi connectivity index (χ0n) is 7.53. The third-order valence-corrected chi connectivity index (χ3v) is 1.47. The molecule has 12 heavy (non-hydrogen) atoms. The molecule has 0 aromatic rings. The lowest BCUT2D eigenvalue weighted by Gasteiger charge is -2.18. The highest BCUT2D eigenvalue weighted by atomic mass is 16.5. The summed E-state index contributed by atoms with van der Waals surface area (Å²) >= 11 is 0. The first-order valence-corrected chi connectivity index (χ1v) is 3.55. The lowest BCUT2D eigenvalue weighted by Crippen LogP contribution is -2.40. The van der Waals surface area contributed by atoms with E-state index < -0.39 is 12.0 Å². The first-order valence-electron chi connectivity index (χ1n) is 3.55. The Morgan fingerprint density at radius 3 is 2.42 bits per heavy atom. The number of ether oxygens (including phenoxy) is 1. The molecule has 0 bridgehead atoms. The van der Waals surface area contributed by atoms with Crippen LogP contribution in [0.15, 0.2) is 0 Å². The molecule has 0 fully saturated rings. The standard InChI is InChI=1S/C7H14N2O3/c1-5(12-3)7(11)9(2)4-6(8)10/h5H,4H2,1-3H3,(H2,8,10). The maximum atomic E-state index is 11.2. The number of primary amides is 1. The van der Waals surface area contributed by atoms with Crippen LogP contribution in [0.3, 0.4) is 0 Å². The SMILES string of the molecule is COC(C)C(=O)N(C)CC(N)=O. The topological polar surface area (TPSA) is 72.6 Å². The summed E-state index contributed by atoms with van der Waals surface area (Å²) in [5.41, 5.74) is 4.90. The molecule has 5 nitrogen and oxygen atoms in total. The number of hydrogen-bond donors (Lipinski definition) is 1. The maximum Gasteiger partial charge on any atom is 0.251 e. The van der Waals surface area contributed by atoms with E-state index in [-0.39, 0.29) is 12.5 Å². The van der Waals surface area contributed by atoms with Gasteiger partial charge in [0.05, 0.1) is 6.54 Å². The average Bonchev–Trinajstić information content (AvgIpc) is 2.00. The van der Waals surface area contributed by atoms with E-state index in [1.54, 1.807) is 6.92 Å². The normalized spacial score (nSPS) is 12.2. The van der Waals surface area contributed by atoms with Gasteiger partial charge < -0.3 is 15.4 Å². The Balaban J connectivity index is 4.01. The third kappa shape index (κ3) is 3.34. The summed E-state index contributed by atoms with van der Waals surface area (Å²) in [6.07, 6.45) is -0.533. The summed E-state index contributed by atoms with van der Waals surface area (Å²) in [5, 5.41) is 0. The number of methoxy groups -OCH3 is 1. The van der Waals surface area contributed by atoms with Gasteiger partial charge in [-0.05, 0) is 6.92 Å². The van der Waals surface area contributed by atoms with Crippen LogP contribution in [0.2, 0.25) is 0 Å². The van der Waals surface area contributed by atoms with Crippen molar-refractivity contribution in [2.45, 2.75) is 13.0 Å². The average molecular weight is 174 g/mol. The third-order valence-electron chi connectivity index (χ3n) is 1.47. The van der Waals surface area contributed by atoms with Gasteiger partial charge in [0.25, 0.3) is 5.91 Å². The van der Waals surface area contributed by atoms with Crippen molar-refractivity contribution >= 4 is 11.8 Å². The van der Waals surface area contributed by atoms with Gasteiger partial charge >= 0.3 is 0 Å². The molecule has 0 saturated heterocycles. The fourth-order valence-corrected chi connectivity index (χ4v) is 0.723. The second-order valence-corrected chi connectivity index (χ2v) is 2.54. The zero-order valence-corrected chi connectivity index (χ0v) is 7.53. The number of likely N-dealkylation sites (N-methyl/N-ethyl adjacent to an activating group) is 1. The van der Waals surface area contributed by atoms with Crippen molar-refractivity contribution in [2.24, 2.45) is 5.73 Å². The molecule has 0 saturated carbocycles. The molecule has 0 aliphatic heterocycles. The molecule has 1 unspecified atom stereocenters. The fourth-order valence-electron chi connectivity index (χ4n) is 0.723. The van der Waals surface area contributed by atoms with Crippen molar-refractivity contribution in [3.05, 3.63) is 0 Å². The Labute approximate surface area is 71.5 Å². The molecule has 0 heterocycles. The smallest absolute Gasteiger partial charge is 0.251 e. The summed E-state index contributed by atoms with van der Waals surface area (Å²) in [6.45, 7) is 1.53. The Morgan fingerprint density at radius 1 is 1.58 bits per heavy atom. The van der Waals surface area contributed by atoms with Crippen LogP contribution in [-0.2, 0) is 14.3 Å². The van der Waals surface area contributed by atoms with Gasteiger partial charge in [0, 0.05) is 14.2 Å². The summed E-state index contributed by atoms with van der Waals surface area (Å²) in [7, 11) is 2.93. The van der Waals surface area contributed by atoms with E-state index in [9.17, 15) is 9.59 Å². The first-order chi connectivity index (χ1) is 5.49. The van der Waals surface area contributed by atoms with E-state index >= 15 is 0 Å². The fraction of sp³-hybridized carbons (Fsp3) is 0.714. The van der Waals surface area contributed by atoms with E-state index in [0.717, 1.165) is 0 Å². The molecule has 0 aromatic carbocycles. The highest BCUT2D eigenvalue weighted by Gasteiger charge is 2.17. The van der Waals surface area contributed by atoms with Gasteiger partial charge in [0.15, 0.2) is 0 Å². The number of nitrogens with zero attached hydrogens (tertiary/aromatic N) is 1. The molecule has 1 atom stereocenters. The van der Waals surface area contributed by atoms with Crippen LogP contribution in [0.5, 0.6) is 0 Å². The lowest BCUT2D eigenvalue weighted by atomic mass is 10.3. The minimum Gasteiger partial charge on any atom is -0.372 e. The van der Waals surface area contributed by atoms with E-state index in [1.807, 2.05) is 0 Å². The molecule has 5 heteroatoms. The molecule has 0 spiro atoms. The number of hydrogen-bond acceptors (Lipinski definition) is 3. The second kappa shape index (κ2) is 4.71. The van der Waals surface area contributed by atoms with E-state index in [0.29, 0.717) is 0 Å². The van der Waals surface area contributed by atoms with Crippen LogP contribution in [0.4, 0.5) is 0 Å². The van der Waals surface area contributed by atoms with Gasteiger partial charge in [0.2, 0.25) is 5.91 Å². The zero-order chi connectivity index (χ0) is 9.72. The number of rotatable bonds is 4. The molecule has 0 aliphatic carbocycles. The molecule has 2 N–H and O–H groups in total. The summed E-state index contributed by atoms with van der Waals surface area (Å²) in [5.74, 6) is -0.787. The van der Waals surface area contributed by atoms with Crippen LogP contribution in [0.1, 0.15) is 6.92 Å². The van der Waals surface area contributed by atoms with Crippen molar-refractivity contribution in [1.82, 2.24) is 4.90 Å². The second-order valence-electron chi connectivity index (χ2n) is 2.54. The van der Waals surface area contributed by atoms with Crippen molar-refractivity contribution in [2.75, 3.05) is 20.7 Å². The van der Waals surface area contributed by atoms with E-state index in [4.69, 9.17) is 10.5 Å². The Hall–Kier alpha value is -1.10. The molecule has 0 aliphatic rings. The summed E-state index contributed by atoms with van der Waals surface area (Å²) in [6, 6.07) is 0. The Morgan fingerprint density at radius 2 is 2.08 bits per heavy atom. The Bertz CT molecular complexity index is 181. The predicted octanol–water partition coefficient (Wildman–Crippen LogP) is -1.03. The number of carbonyl (C=O) groups excluding carboxylic acids is 2. The van der Waals surface area contributed by atoms with Gasteiger partial charge in [-0.3, -0.25) is 9.59 Å². The first kappa shape index (κ1) is 10.9.